The van der Waals surface area contributed by atoms with E-state index in [0.29, 0.717) is 11.4 Å². The highest BCUT2D eigenvalue weighted by Crippen LogP contribution is 2.22. The van der Waals surface area contributed by atoms with Gasteiger partial charge in [-0.1, -0.05) is 12.1 Å². The van der Waals surface area contributed by atoms with Crippen molar-refractivity contribution in [3.63, 3.8) is 0 Å². The quantitative estimate of drug-likeness (QED) is 0.551. The van der Waals surface area contributed by atoms with Crippen molar-refractivity contribution in [3.05, 3.63) is 35.4 Å². The van der Waals surface area contributed by atoms with Gasteiger partial charge >= 0.3 is 0 Å². The largest absolute Gasteiger partial charge is 0.495 e. The van der Waals surface area contributed by atoms with E-state index in [1.54, 1.807) is 25.2 Å². The van der Waals surface area contributed by atoms with Crippen LogP contribution in [0.15, 0.2) is 30.6 Å². The fourth-order valence-electron chi connectivity index (χ4n) is 2.21. The first-order chi connectivity index (χ1) is 10.7. The molecule has 0 N–H and O–H groups in total. The van der Waals surface area contributed by atoms with Gasteiger partial charge in [0.25, 0.3) is 0 Å². The van der Waals surface area contributed by atoms with Crippen LogP contribution in [0.5, 0.6) is 5.75 Å². The topological polar surface area (TPSA) is 44.5 Å². The summed E-state index contributed by atoms with van der Waals surface area (Å²) in [5.41, 5.74) is 0.892. The Bertz CT molecular complexity index is 653. The molecule has 2 aromatic rings. The lowest BCUT2D eigenvalue weighted by Gasteiger charge is -2.16. The molecule has 0 atom stereocenters. The summed E-state index contributed by atoms with van der Waals surface area (Å²) in [5.74, 6) is 0.770. The molecule has 0 aliphatic carbocycles. The number of methoxy groups -OCH3 is 2. The molecule has 1 aromatic carbocycles. The van der Waals surface area contributed by atoms with Gasteiger partial charge in [-0.2, -0.15) is 5.10 Å². The monoisotopic (exact) mass is 322 g/mol. The van der Waals surface area contributed by atoms with Gasteiger partial charge in [0.1, 0.15) is 12.1 Å². The van der Waals surface area contributed by atoms with Crippen molar-refractivity contribution in [2.75, 3.05) is 34.4 Å². The molecule has 0 saturated carbocycles. The summed E-state index contributed by atoms with van der Waals surface area (Å²) in [6.45, 7) is 2.33. The summed E-state index contributed by atoms with van der Waals surface area (Å²) in [7, 11) is 5.40. The van der Waals surface area contributed by atoms with Crippen molar-refractivity contribution in [1.29, 1.82) is 0 Å². The van der Waals surface area contributed by atoms with Gasteiger partial charge in [0.15, 0.2) is 0 Å². The number of aromatic nitrogens is 3. The van der Waals surface area contributed by atoms with E-state index in [1.807, 2.05) is 35.9 Å². The summed E-state index contributed by atoms with van der Waals surface area (Å²) >= 11 is 5.53. The second-order valence-corrected chi connectivity index (χ2v) is 5.39. The van der Waals surface area contributed by atoms with Gasteiger partial charge in [-0.15, -0.1) is 0 Å². The molecule has 22 heavy (non-hydrogen) atoms. The van der Waals surface area contributed by atoms with Gasteiger partial charge in [-0.05, 0) is 37.8 Å². The van der Waals surface area contributed by atoms with Crippen LogP contribution >= 0.6 is 12.2 Å². The van der Waals surface area contributed by atoms with Gasteiger partial charge in [0.2, 0.25) is 4.77 Å². The Morgan fingerprint density at radius 2 is 2.05 bits per heavy atom. The maximum atomic E-state index is 5.53. The van der Waals surface area contributed by atoms with Gasteiger partial charge in [0.05, 0.1) is 19.5 Å². The Kier molecular flexibility index (Phi) is 6.11. The van der Waals surface area contributed by atoms with Crippen LogP contribution in [0.2, 0.25) is 0 Å². The van der Waals surface area contributed by atoms with Crippen molar-refractivity contribution < 1.29 is 9.47 Å². The second-order valence-electron chi connectivity index (χ2n) is 5.02. The Morgan fingerprint density at radius 1 is 1.27 bits per heavy atom. The van der Waals surface area contributed by atoms with Crippen LogP contribution in [0.25, 0.3) is 5.69 Å². The molecule has 1 aromatic heterocycles. The molecule has 1 heterocycles. The highest BCUT2D eigenvalue weighted by atomic mass is 32.1. The van der Waals surface area contributed by atoms with Crippen LogP contribution in [0.4, 0.5) is 0 Å². The Morgan fingerprint density at radius 3 is 2.77 bits per heavy atom. The molecule has 0 spiro atoms. The van der Waals surface area contributed by atoms with Crippen molar-refractivity contribution in [2.45, 2.75) is 13.1 Å². The van der Waals surface area contributed by atoms with Crippen LogP contribution in [0, 0.1) is 4.77 Å². The third-order valence-corrected chi connectivity index (χ3v) is 3.75. The fraction of sp³-hybridized carbons (Fsp3) is 0.467. The zero-order valence-electron chi connectivity index (χ0n) is 13.2. The molecule has 0 unspecified atom stereocenters. The average molecular weight is 322 g/mol. The predicted octanol–water partition coefficient (Wildman–Crippen LogP) is 2.34. The molecule has 0 fully saturated rings. The van der Waals surface area contributed by atoms with Gasteiger partial charge in [-0.25, -0.2) is 4.68 Å². The molecule has 6 nitrogen and oxygen atoms in total. The summed E-state index contributed by atoms with van der Waals surface area (Å²) in [6, 6.07) is 7.75. The van der Waals surface area contributed by atoms with Crippen molar-refractivity contribution in [2.24, 2.45) is 0 Å². The van der Waals surface area contributed by atoms with Crippen molar-refractivity contribution >= 4 is 12.2 Å². The molecule has 120 valence electrons. The van der Waals surface area contributed by atoms with E-state index >= 15 is 0 Å². The summed E-state index contributed by atoms with van der Waals surface area (Å²) < 4.78 is 14.7. The summed E-state index contributed by atoms with van der Waals surface area (Å²) in [5, 5.41) is 4.38. The molecule has 0 saturated heterocycles. The lowest BCUT2D eigenvalue weighted by molar-refractivity contribution is 0.168. The smallest absolute Gasteiger partial charge is 0.203 e. The van der Waals surface area contributed by atoms with E-state index in [9.17, 15) is 0 Å². The van der Waals surface area contributed by atoms with Crippen LogP contribution in [-0.2, 0) is 11.4 Å². The first-order valence-corrected chi connectivity index (χ1v) is 7.53. The normalized spacial score (nSPS) is 11.1. The number of benzene rings is 1. The van der Waals surface area contributed by atoms with Crippen LogP contribution in [0.3, 0.4) is 0 Å². The molecule has 0 bridgehead atoms. The number of hydrogen-bond acceptors (Lipinski definition) is 5. The van der Waals surface area contributed by atoms with Gasteiger partial charge < -0.3 is 9.47 Å². The SMILES string of the molecule is COCCCN(C)Cn1ncn(-c2ccccc2OC)c1=S. The molecule has 0 aliphatic rings. The van der Waals surface area contributed by atoms with Crippen LogP contribution in [0.1, 0.15) is 6.42 Å². The van der Waals surface area contributed by atoms with Crippen LogP contribution in [-0.4, -0.2) is 53.7 Å². The number of nitrogens with zero attached hydrogens (tertiary/aromatic N) is 4. The predicted molar refractivity (Wildman–Crippen MR) is 88.1 cm³/mol. The highest BCUT2D eigenvalue weighted by Gasteiger charge is 2.09. The van der Waals surface area contributed by atoms with Gasteiger partial charge in [-0.3, -0.25) is 9.47 Å². The maximum Gasteiger partial charge on any atom is 0.203 e. The molecule has 0 amide bonds. The maximum absolute atomic E-state index is 5.53. The fourth-order valence-corrected chi connectivity index (χ4v) is 2.46. The Labute approximate surface area is 135 Å². The van der Waals surface area contributed by atoms with E-state index in [-0.39, 0.29) is 0 Å². The Hall–Kier alpha value is -1.70. The first-order valence-electron chi connectivity index (χ1n) is 7.12. The zero-order chi connectivity index (χ0) is 15.9. The van der Waals surface area contributed by atoms with Crippen LogP contribution < -0.4 is 4.74 Å². The second kappa shape index (κ2) is 8.07. The third-order valence-electron chi connectivity index (χ3n) is 3.34. The lowest BCUT2D eigenvalue weighted by Crippen LogP contribution is -2.24. The van der Waals surface area contributed by atoms with E-state index in [2.05, 4.69) is 10.00 Å². The minimum atomic E-state index is 0.642. The van der Waals surface area contributed by atoms with Gasteiger partial charge in [0, 0.05) is 20.3 Å². The molecule has 7 heteroatoms. The summed E-state index contributed by atoms with van der Waals surface area (Å²) in [4.78, 5) is 2.16. The molecular weight excluding hydrogens is 300 g/mol. The third kappa shape index (κ3) is 3.94. The number of hydrogen-bond donors (Lipinski definition) is 0. The number of rotatable bonds is 8. The molecule has 0 radical (unpaired) electrons. The minimum absolute atomic E-state index is 0.642. The lowest BCUT2D eigenvalue weighted by atomic mass is 10.3. The van der Waals surface area contributed by atoms with E-state index < -0.39 is 0 Å². The van der Waals surface area contributed by atoms with E-state index in [4.69, 9.17) is 21.7 Å². The number of ether oxygens (including phenoxy) is 2. The summed E-state index contributed by atoms with van der Waals surface area (Å²) in [6.07, 6.45) is 2.71. The van der Waals surface area contributed by atoms with Crippen molar-refractivity contribution in [1.82, 2.24) is 19.2 Å². The minimum Gasteiger partial charge on any atom is -0.495 e. The van der Waals surface area contributed by atoms with Crippen molar-refractivity contribution in [3.8, 4) is 11.4 Å². The molecule has 0 aliphatic heterocycles. The number of para-hydroxylation sites is 2. The Balaban J connectivity index is 2.14. The van der Waals surface area contributed by atoms with E-state index in [0.717, 1.165) is 31.0 Å². The van der Waals surface area contributed by atoms with E-state index in [1.165, 1.54) is 0 Å². The standard InChI is InChI=1S/C15H22N4O2S/c1-17(9-6-10-20-2)12-19-15(22)18(11-16-19)13-7-4-5-8-14(13)21-3/h4-5,7-8,11H,6,9-10,12H2,1-3H3. The average Bonchev–Trinajstić information content (AvgIpc) is 2.88. The zero-order valence-corrected chi connectivity index (χ0v) is 14.0. The first kappa shape index (κ1) is 16.7. The molecule has 2 rings (SSSR count). The molecular formula is C15H22N4O2S. The highest BCUT2D eigenvalue weighted by molar-refractivity contribution is 7.71.